The molecule has 7 heteroatoms. The monoisotopic (exact) mass is 171 g/mol. The molecule has 12 heavy (non-hydrogen) atoms. The Morgan fingerprint density at radius 2 is 2.17 bits per heavy atom. The summed E-state index contributed by atoms with van der Waals surface area (Å²) in [5, 5.41) is 2.66. The van der Waals surface area contributed by atoms with Crippen LogP contribution >= 0.6 is 0 Å². The fourth-order valence-electron chi connectivity index (χ4n) is 0.668. The summed E-state index contributed by atoms with van der Waals surface area (Å²) in [7, 11) is 0. The van der Waals surface area contributed by atoms with Gasteiger partial charge in [0.15, 0.2) is 0 Å². The number of nitrogens with one attached hydrogen (secondary N) is 3. The average molecular weight is 171 g/mol. The van der Waals surface area contributed by atoms with Crippen molar-refractivity contribution in [3.8, 4) is 0 Å². The highest BCUT2D eigenvalue weighted by atomic mass is 16.2. The summed E-state index contributed by atoms with van der Waals surface area (Å²) < 4.78 is 0. The third kappa shape index (κ3) is 2.20. The number of hydrogen-bond donors (Lipinski definition) is 4. The summed E-state index contributed by atoms with van der Waals surface area (Å²) >= 11 is 0. The van der Waals surface area contributed by atoms with Crippen molar-refractivity contribution in [1.82, 2.24) is 15.0 Å². The van der Waals surface area contributed by atoms with Gasteiger partial charge in [-0.25, -0.2) is 9.59 Å². The molecule has 7 nitrogen and oxygen atoms in total. The second-order valence-corrected chi connectivity index (χ2v) is 2.06. The van der Waals surface area contributed by atoms with Crippen LogP contribution in [0, 0.1) is 0 Å². The lowest BCUT2D eigenvalue weighted by molar-refractivity contribution is 0.909. The standard InChI is InChI=1S/C5H9N5O2/c6-1-2-7-3-8-4(11)10-5(12)9-3/h1-2,6H2,(H3,7,8,9,10,11,12). The second kappa shape index (κ2) is 3.67. The Labute approximate surface area is 67.0 Å². The molecule has 0 unspecified atom stereocenters. The third-order valence-electron chi connectivity index (χ3n) is 1.10. The molecular weight excluding hydrogens is 162 g/mol. The number of aromatic amines is 2. The van der Waals surface area contributed by atoms with Gasteiger partial charge in [-0.2, -0.15) is 4.98 Å². The van der Waals surface area contributed by atoms with Crippen LogP contribution in [0.5, 0.6) is 0 Å². The van der Waals surface area contributed by atoms with Gasteiger partial charge in [0.25, 0.3) is 0 Å². The summed E-state index contributed by atoms with van der Waals surface area (Å²) in [5.74, 6) is 0.134. The number of nitrogens with two attached hydrogens (primary N) is 1. The van der Waals surface area contributed by atoms with Crippen molar-refractivity contribution in [3.05, 3.63) is 21.0 Å². The van der Waals surface area contributed by atoms with E-state index < -0.39 is 11.4 Å². The minimum absolute atomic E-state index is 0.134. The maximum absolute atomic E-state index is 10.7. The number of anilines is 1. The molecule has 0 aliphatic carbocycles. The van der Waals surface area contributed by atoms with E-state index in [1.165, 1.54) is 0 Å². The summed E-state index contributed by atoms with van der Waals surface area (Å²) in [6, 6.07) is 0. The van der Waals surface area contributed by atoms with E-state index >= 15 is 0 Å². The minimum atomic E-state index is -0.682. The van der Waals surface area contributed by atoms with Crippen LogP contribution in [0.1, 0.15) is 0 Å². The van der Waals surface area contributed by atoms with Gasteiger partial charge in [-0.3, -0.25) is 9.97 Å². The van der Waals surface area contributed by atoms with Crippen molar-refractivity contribution >= 4 is 5.95 Å². The molecule has 0 aliphatic heterocycles. The van der Waals surface area contributed by atoms with Crippen molar-refractivity contribution < 1.29 is 0 Å². The molecule has 0 spiro atoms. The highest BCUT2D eigenvalue weighted by molar-refractivity contribution is 5.20. The molecule has 0 atom stereocenters. The van der Waals surface area contributed by atoms with Crippen LogP contribution in [-0.4, -0.2) is 28.0 Å². The first-order valence-electron chi connectivity index (χ1n) is 3.37. The first-order chi connectivity index (χ1) is 5.72. The molecule has 0 saturated heterocycles. The molecule has 0 radical (unpaired) electrons. The Hall–Kier alpha value is -1.63. The molecule has 1 aromatic rings. The van der Waals surface area contributed by atoms with Gasteiger partial charge < -0.3 is 11.1 Å². The van der Waals surface area contributed by atoms with Crippen LogP contribution in [0.3, 0.4) is 0 Å². The Bertz CT molecular complexity index is 325. The predicted octanol–water partition coefficient (Wildman–Crippen LogP) is -2.17. The van der Waals surface area contributed by atoms with Crippen LogP contribution in [-0.2, 0) is 0 Å². The summed E-state index contributed by atoms with van der Waals surface area (Å²) in [6.07, 6.45) is 0. The lowest BCUT2D eigenvalue weighted by Gasteiger charge is -1.99. The van der Waals surface area contributed by atoms with Crippen molar-refractivity contribution in [2.45, 2.75) is 0 Å². The molecule has 1 rings (SSSR count). The first-order valence-corrected chi connectivity index (χ1v) is 3.37. The molecule has 0 aromatic carbocycles. The molecule has 1 aromatic heterocycles. The second-order valence-electron chi connectivity index (χ2n) is 2.06. The normalized spacial score (nSPS) is 9.75. The molecule has 0 amide bonds. The minimum Gasteiger partial charge on any atom is -0.354 e. The SMILES string of the molecule is NCCNc1nc(=O)[nH]c(=O)[nH]1. The molecular formula is C5H9N5O2. The lowest BCUT2D eigenvalue weighted by Crippen LogP contribution is -2.27. The van der Waals surface area contributed by atoms with Crippen molar-refractivity contribution in [2.75, 3.05) is 18.4 Å². The molecule has 0 saturated carbocycles. The molecule has 0 bridgehead atoms. The van der Waals surface area contributed by atoms with Gasteiger partial charge in [0.05, 0.1) is 0 Å². The number of H-pyrrole nitrogens is 2. The maximum Gasteiger partial charge on any atom is 0.352 e. The van der Waals surface area contributed by atoms with Crippen LogP contribution < -0.4 is 22.4 Å². The van der Waals surface area contributed by atoms with E-state index in [1.807, 2.05) is 4.98 Å². The first kappa shape index (κ1) is 8.47. The Morgan fingerprint density at radius 1 is 1.42 bits per heavy atom. The van der Waals surface area contributed by atoms with Gasteiger partial charge >= 0.3 is 11.4 Å². The molecule has 66 valence electrons. The van der Waals surface area contributed by atoms with Crippen molar-refractivity contribution in [1.29, 1.82) is 0 Å². The zero-order valence-corrected chi connectivity index (χ0v) is 6.26. The third-order valence-corrected chi connectivity index (χ3v) is 1.10. The van der Waals surface area contributed by atoms with E-state index in [1.54, 1.807) is 0 Å². The summed E-state index contributed by atoms with van der Waals surface area (Å²) in [4.78, 5) is 28.9. The van der Waals surface area contributed by atoms with E-state index in [0.717, 1.165) is 0 Å². The van der Waals surface area contributed by atoms with Crippen LogP contribution in [0.25, 0.3) is 0 Å². The zero-order chi connectivity index (χ0) is 8.97. The fourth-order valence-corrected chi connectivity index (χ4v) is 0.668. The smallest absolute Gasteiger partial charge is 0.352 e. The number of nitrogens with zero attached hydrogens (tertiary/aromatic N) is 1. The summed E-state index contributed by atoms with van der Waals surface area (Å²) in [5.41, 5.74) is 3.91. The Kier molecular flexibility index (Phi) is 2.59. The fraction of sp³-hybridized carbons (Fsp3) is 0.400. The molecule has 0 fully saturated rings. The van der Waals surface area contributed by atoms with E-state index in [4.69, 9.17) is 5.73 Å². The van der Waals surface area contributed by atoms with Gasteiger partial charge in [0, 0.05) is 13.1 Å². The van der Waals surface area contributed by atoms with Gasteiger partial charge in [0.1, 0.15) is 0 Å². The van der Waals surface area contributed by atoms with Crippen molar-refractivity contribution in [3.63, 3.8) is 0 Å². The Morgan fingerprint density at radius 3 is 2.75 bits per heavy atom. The highest BCUT2D eigenvalue weighted by Crippen LogP contribution is 1.83. The largest absolute Gasteiger partial charge is 0.354 e. The summed E-state index contributed by atoms with van der Waals surface area (Å²) in [6.45, 7) is 0.850. The van der Waals surface area contributed by atoms with Gasteiger partial charge in [-0.15, -0.1) is 0 Å². The number of hydrogen-bond acceptors (Lipinski definition) is 5. The highest BCUT2D eigenvalue weighted by Gasteiger charge is 1.94. The van der Waals surface area contributed by atoms with E-state index in [0.29, 0.717) is 13.1 Å². The predicted molar refractivity (Wildman–Crippen MR) is 43.0 cm³/mol. The lowest BCUT2D eigenvalue weighted by atomic mass is 10.6. The van der Waals surface area contributed by atoms with Gasteiger partial charge in [-0.05, 0) is 0 Å². The maximum atomic E-state index is 10.7. The van der Waals surface area contributed by atoms with Gasteiger partial charge in [0.2, 0.25) is 5.95 Å². The molecule has 0 aliphatic rings. The Balaban J connectivity index is 2.86. The topological polar surface area (TPSA) is 117 Å². The number of aromatic nitrogens is 3. The molecule has 1 heterocycles. The van der Waals surface area contributed by atoms with Crippen LogP contribution in [0.15, 0.2) is 9.59 Å². The average Bonchev–Trinajstić information content (AvgIpc) is 1.99. The number of rotatable bonds is 3. The quantitative estimate of drug-likeness (QED) is 0.413. The van der Waals surface area contributed by atoms with E-state index in [-0.39, 0.29) is 5.95 Å². The molecule has 5 N–H and O–H groups in total. The van der Waals surface area contributed by atoms with Crippen LogP contribution in [0.2, 0.25) is 0 Å². The van der Waals surface area contributed by atoms with Crippen LogP contribution in [0.4, 0.5) is 5.95 Å². The van der Waals surface area contributed by atoms with Crippen molar-refractivity contribution in [2.24, 2.45) is 5.73 Å². The van der Waals surface area contributed by atoms with E-state index in [2.05, 4.69) is 15.3 Å². The van der Waals surface area contributed by atoms with Gasteiger partial charge in [-0.1, -0.05) is 0 Å². The van der Waals surface area contributed by atoms with E-state index in [9.17, 15) is 9.59 Å². The zero-order valence-electron chi connectivity index (χ0n) is 6.26.